The third kappa shape index (κ3) is 3.61. The number of Topliss-reactive ketones (excluding diaryl/α,β-unsaturated/α-hetero) is 1. The van der Waals surface area contributed by atoms with Gasteiger partial charge in [-0.3, -0.25) is 4.79 Å². The van der Waals surface area contributed by atoms with Crippen molar-refractivity contribution < 1.29 is 18.7 Å². The van der Waals surface area contributed by atoms with Crippen LogP contribution in [-0.4, -0.2) is 20.0 Å². The monoisotopic (exact) mass is 352 g/mol. The number of hydrogen-bond acceptors (Lipinski definition) is 3. The van der Waals surface area contributed by atoms with Crippen molar-refractivity contribution in [2.45, 2.75) is 6.42 Å². The van der Waals surface area contributed by atoms with Gasteiger partial charge in [-0.15, -0.1) is 0 Å². The number of rotatable bonds is 5. The third-order valence-corrected chi connectivity index (χ3v) is 3.65. The van der Waals surface area contributed by atoms with E-state index in [9.17, 15) is 9.18 Å². The minimum atomic E-state index is -0.361. The van der Waals surface area contributed by atoms with Crippen LogP contribution in [0.15, 0.2) is 40.9 Å². The Morgan fingerprint density at radius 3 is 2.48 bits per heavy atom. The van der Waals surface area contributed by atoms with Crippen LogP contribution in [0.2, 0.25) is 0 Å². The number of halogens is 2. The zero-order chi connectivity index (χ0) is 15.4. The molecule has 3 nitrogen and oxygen atoms in total. The van der Waals surface area contributed by atoms with Crippen molar-refractivity contribution in [3.8, 4) is 11.5 Å². The van der Waals surface area contributed by atoms with Crippen LogP contribution in [-0.2, 0) is 6.42 Å². The molecule has 0 unspecified atom stereocenters. The Labute approximate surface area is 130 Å². The molecule has 2 aromatic carbocycles. The topological polar surface area (TPSA) is 35.5 Å². The van der Waals surface area contributed by atoms with Crippen LogP contribution in [0.4, 0.5) is 4.39 Å². The van der Waals surface area contributed by atoms with E-state index in [1.807, 2.05) is 0 Å². The zero-order valence-corrected chi connectivity index (χ0v) is 13.2. The van der Waals surface area contributed by atoms with E-state index in [1.54, 1.807) is 24.3 Å². The van der Waals surface area contributed by atoms with Crippen molar-refractivity contribution in [2.24, 2.45) is 0 Å². The van der Waals surface area contributed by atoms with Crippen LogP contribution in [0.1, 0.15) is 15.9 Å². The highest BCUT2D eigenvalue weighted by atomic mass is 79.9. The van der Waals surface area contributed by atoms with Crippen LogP contribution >= 0.6 is 15.9 Å². The van der Waals surface area contributed by atoms with Crippen LogP contribution < -0.4 is 9.47 Å². The minimum Gasteiger partial charge on any atom is -0.496 e. The summed E-state index contributed by atoms with van der Waals surface area (Å²) in [7, 11) is 3.01. The van der Waals surface area contributed by atoms with Gasteiger partial charge in [-0.25, -0.2) is 4.39 Å². The first kappa shape index (κ1) is 15.5. The Bertz CT molecular complexity index is 671. The molecule has 2 rings (SSSR count). The van der Waals surface area contributed by atoms with Crippen molar-refractivity contribution >= 4 is 21.7 Å². The third-order valence-electron chi connectivity index (χ3n) is 3.03. The molecule has 110 valence electrons. The SMILES string of the molecule is COc1cc(C(=O)Cc2cccc(F)c2)c(OC)cc1Br. The molecule has 0 fully saturated rings. The van der Waals surface area contributed by atoms with Crippen molar-refractivity contribution in [1.82, 2.24) is 0 Å². The molecule has 21 heavy (non-hydrogen) atoms. The van der Waals surface area contributed by atoms with E-state index in [0.29, 0.717) is 27.1 Å². The average Bonchev–Trinajstić information content (AvgIpc) is 2.46. The first-order valence-corrected chi connectivity index (χ1v) is 7.03. The molecule has 0 aromatic heterocycles. The summed E-state index contributed by atoms with van der Waals surface area (Å²) >= 11 is 3.34. The summed E-state index contributed by atoms with van der Waals surface area (Å²) < 4.78 is 24.3. The van der Waals surface area contributed by atoms with Crippen LogP contribution in [0.3, 0.4) is 0 Å². The molecule has 0 bridgehead atoms. The first-order valence-electron chi connectivity index (χ1n) is 6.24. The number of ketones is 1. The van der Waals surface area contributed by atoms with Gasteiger partial charge in [-0.2, -0.15) is 0 Å². The predicted octanol–water partition coefficient (Wildman–Crippen LogP) is 4.03. The molecular weight excluding hydrogens is 339 g/mol. The summed E-state index contributed by atoms with van der Waals surface area (Å²) in [6.07, 6.45) is 0.0961. The second-order valence-corrected chi connectivity index (χ2v) is 5.27. The van der Waals surface area contributed by atoms with Crippen LogP contribution in [0.5, 0.6) is 11.5 Å². The van der Waals surface area contributed by atoms with E-state index in [-0.39, 0.29) is 18.0 Å². The van der Waals surface area contributed by atoms with Gasteiger partial charge in [0.05, 0.1) is 24.3 Å². The van der Waals surface area contributed by atoms with Crippen molar-refractivity contribution in [3.63, 3.8) is 0 Å². The maximum absolute atomic E-state index is 13.2. The fraction of sp³-hybridized carbons (Fsp3) is 0.188. The molecule has 0 aliphatic carbocycles. The van der Waals surface area contributed by atoms with Gasteiger partial charge in [0.1, 0.15) is 17.3 Å². The fourth-order valence-corrected chi connectivity index (χ4v) is 2.49. The lowest BCUT2D eigenvalue weighted by molar-refractivity contribution is 0.0989. The highest BCUT2D eigenvalue weighted by Crippen LogP contribution is 2.33. The van der Waals surface area contributed by atoms with E-state index in [4.69, 9.17) is 9.47 Å². The number of benzene rings is 2. The normalized spacial score (nSPS) is 10.3. The van der Waals surface area contributed by atoms with Crippen molar-refractivity contribution in [2.75, 3.05) is 14.2 Å². The average molecular weight is 353 g/mol. The summed E-state index contributed by atoms with van der Waals surface area (Å²) in [5.74, 6) is 0.464. The van der Waals surface area contributed by atoms with Crippen molar-refractivity contribution in [1.29, 1.82) is 0 Å². The van der Waals surface area contributed by atoms with Crippen molar-refractivity contribution in [3.05, 3.63) is 57.8 Å². The van der Waals surface area contributed by atoms with Gasteiger partial charge in [0.15, 0.2) is 5.78 Å². The summed E-state index contributed by atoms with van der Waals surface area (Å²) in [4.78, 5) is 12.4. The van der Waals surface area contributed by atoms with Gasteiger partial charge >= 0.3 is 0 Å². The highest BCUT2D eigenvalue weighted by molar-refractivity contribution is 9.10. The van der Waals surface area contributed by atoms with Gasteiger partial charge in [0.25, 0.3) is 0 Å². The second kappa shape index (κ2) is 6.72. The van der Waals surface area contributed by atoms with Gasteiger partial charge < -0.3 is 9.47 Å². The maximum Gasteiger partial charge on any atom is 0.171 e. The van der Waals surface area contributed by atoms with Gasteiger partial charge in [0, 0.05) is 6.42 Å². The number of carbonyl (C=O) groups is 1. The minimum absolute atomic E-state index is 0.0961. The molecule has 0 N–H and O–H groups in total. The van der Waals surface area contributed by atoms with Gasteiger partial charge in [-0.1, -0.05) is 12.1 Å². The Kier molecular flexibility index (Phi) is 4.96. The molecule has 2 aromatic rings. The van der Waals surface area contributed by atoms with E-state index in [0.717, 1.165) is 0 Å². The molecule has 0 aliphatic rings. The predicted molar refractivity (Wildman–Crippen MR) is 81.7 cm³/mol. The highest BCUT2D eigenvalue weighted by Gasteiger charge is 2.16. The van der Waals surface area contributed by atoms with E-state index >= 15 is 0 Å². The van der Waals surface area contributed by atoms with E-state index in [2.05, 4.69) is 15.9 Å². The lowest BCUT2D eigenvalue weighted by Gasteiger charge is -2.11. The maximum atomic E-state index is 13.2. The Balaban J connectivity index is 2.34. The fourth-order valence-electron chi connectivity index (χ4n) is 2.01. The number of methoxy groups -OCH3 is 2. The molecule has 0 amide bonds. The van der Waals surface area contributed by atoms with Gasteiger partial charge in [0.2, 0.25) is 0 Å². The number of ether oxygens (including phenoxy) is 2. The number of hydrogen-bond donors (Lipinski definition) is 0. The number of carbonyl (C=O) groups excluding carboxylic acids is 1. The Morgan fingerprint density at radius 1 is 1.14 bits per heavy atom. The molecule has 0 aliphatic heterocycles. The Morgan fingerprint density at radius 2 is 1.86 bits per heavy atom. The molecule has 0 spiro atoms. The molecule has 0 heterocycles. The van der Waals surface area contributed by atoms with E-state index < -0.39 is 0 Å². The zero-order valence-electron chi connectivity index (χ0n) is 11.7. The Hall–Kier alpha value is -1.88. The smallest absolute Gasteiger partial charge is 0.171 e. The molecular formula is C16H14BrFO3. The largest absolute Gasteiger partial charge is 0.496 e. The summed E-state index contributed by atoms with van der Waals surface area (Å²) in [6, 6.07) is 9.28. The molecule has 0 saturated heterocycles. The summed E-state index contributed by atoms with van der Waals surface area (Å²) in [6.45, 7) is 0. The quantitative estimate of drug-likeness (QED) is 0.762. The lowest BCUT2D eigenvalue weighted by atomic mass is 10.0. The van der Waals surface area contributed by atoms with Gasteiger partial charge in [-0.05, 0) is 45.8 Å². The molecule has 0 atom stereocenters. The summed E-state index contributed by atoms with van der Waals surface area (Å²) in [5.41, 5.74) is 1.02. The standard InChI is InChI=1S/C16H14BrFO3/c1-20-15-9-13(17)16(21-2)8-12(15)14(19)7-10-4-3-5-11(18)6-10/h3-6,8-9H,7H2,1-2H3. The molecule has 0 saturated carbocycles. The van der Waals surface area contributed by atoms with Crippen LogP contribution in [0.25, 0.3) is 0 Å². The first-order chi connectivity index (χ1) is 10.0. The second-order valence-electron chi connectivity index (χ2n) is 4.42. The molecule has 0 radical (unpaired) electrons. The van der Waals surface area contributed by atoms with E-state index in [1.165, 1.54) is 26.4 Å². The molecule has 5 heteroatoms. The lowest BCUT2D eigenvalue weighted by Crippen LogP contribution is -2.07. The summed E-state index contributed by atoms with van der Waals surface area (Å²) in [5, 5.41) is 0. The van der Waals surface area contributed by atoms with Crippen LogP contribution in [0, 0.1) is 5.82 Å².